The van der Waals surface area contributed by atoms with E-state index in [0.717, 1.165) is 18.1 Å². The van der Waals surface area contributed by atoms with Gasteiger partial charge in [-0.05, 0) is 70.4 Å². The lowest BCUT2D eigenvalue weighted by atomic mass is 10.0. The Hall–Kier alpha value is -2.26. The molecule has 4 rings (SSSR count). The molecule has 1 fully saturated rings. The molecule has 1 atom stereocenters. The van der Waals surface area contributed by atoms with Crippen molar-refractivity contribution < 1.29 is 17.3 Å². The molecule has 3 aromatic carbocycles. The van der Waals surface area contributed by atoms with Crippen LogP contribution in [0, 0.1) is 41.5 Å². The summed E-state index contributed by atoms with van der Waals surface area (Å²) in [6.45, 7) is 15.3. The molecule has 3 aromatic rings. The molecule has 0 amide bonds. The van der Waals surface area contributed by atoms with E-state index in [1.165, 1.54) is 61.0 Å². The fourth-order valence-corrected chi connectivity index (χ4v) is 5.38. The van der Waals surface area contributed by atoms with E-state index < -0.39 is 0 Å². The normalized spacial score (nSPS) is 17.0. The van der Waals surface area contributed by atoms with Crippen LogP contribution < -0.4 is 22.2 Å². The second kappa shape index (κ2) is 9.70. The lowest BCUT2D eigenvalue weighted by Crippen LogP contribution is -3.04. The van der Waals surface area contributed by atoms with Gasteiger partial charge in [-0.2, -0.15) is 0 Å². The number of halogens is 2. The summed E-state index contributed by atoms with van der Waals surface area (Å²) in [5, 5.41) is 0.769. The van der Waals surface area contributed by atoms with Gasteiger partial charge in [0.1, 0.15) is 12.2 Å². The highest BCUT2D eigenvalue weighted by Gasteiger charge is 2.36. The molecule has 1 N–H and O–H groups in total. The van der Waals surface area contributed by atoms with Gasteiger partial charge < -0.3 is 12.4 Å². The molecule has 2 nitrogen and oxygen atoms in total. The molecule has 168 valence electrons. The SMILES string of the molecule is Cc1cc(C)c(N2CC[NH+](c3c(C)cc(C)cc3C)C2=Cc2ccc(Cl)cc2)c(C)c1.[Cl-]. The predicted octanol–water partition coefficient (Wildman–Crippen LogP) is 3.23. The maximum Gasteiger partial charge on any atom is 0.212 e. The van der Waals surface area contributed by atoms with Crippen molar-refractivity contribution >= 4 is 29.1 Å². The van der Waals surface area contributed by atoms with Crippen molar-refractivity contribution in [3.05, 3.63) is 98.3 Å². The number of benzene rings is 3. The summed E-state index contributed by atoms with van der Waals surface area (Å²) < 4.78 is 0. The van der Waals surface area contributed by atoms with Crippen LogP contribution in [0.4, 0.5) is 11.4 Å². The average molecular weight is 467 g/mol. The summed E-state index contributed by atoms with van der Waals surface area (Å²) in [6.07, 6.45) is 2.33. The number of nitrogens with one attached hydrogen (secondary N) is 1. The standard InChI is InChI=1S/C28H31ClN2.ClH/c1-18-13-20(3)27(21(4)14-18)30-11-12-31(28-22(5)15-19(2)16-23(28)6)26(30)17-24-7-9-25(29)10-8-24;/h7-10,13-17H,11-12H2,1-6H3;1H. The van der Waals surface area contributed by atoms with Crippen LogP contribution >= 0.6 is 11.6 Å². The van der Waals surface area contributed by atoms with Crippen molar-refractivity contribution in [3.8, 4) is 0 Å². The first-order chi connectivity index (χ1) is 14.7. The zero-order chi connectivity index (χ0) is 22.3. The largest absolute Gasteiger partial charge is 1.00 e. The van der Waals surface area contributed by atoms with E-state index in [1.807, 2.05) is 12.1 Å². The van der Waals surface area contributed by atoms with Gasteiger partial charge in [-0.3, -0.25) is 9.80 Å². The summed E-state index contributed by atoms with van der Waals surface area (Å²) in [5.41, 5.74) is 11.9. The first kappa shape index (κ1) is 24.4. The number of rotatable bonds is 3. The first-order valence-electron chi connectivity index (χ1n) is 11.0. The van der Waals surface area contributed by atoms with E-state index in [-0.39, 0.29) is 12.4 Å². The van der Waals surface area contributed by atoms with Crippen LogP contribution in [0.1, 0.15) is 38.9 Å². The molecular formula is C28H32Cl2N2. The summed E-state index contributed by atoms with van der Waals surface area (Å²) in [5.74, 6) is 1.30. The highest BCUT2D eigenvalue weighted by atomic mass is 35.5. The van der Waals surface area contributed by atoms with Crippen LogP contribution in [-0.4, -0.2) is 13.1 Å². The predicted molar refractivity (Wildman–Crippen MR) is 134 cm³/mol. The van der Waals surface area contributed by atoms with Gasteiger partial charge in [0.25, 0.3) is 0 Å². The number of anilines is 1. The maximum absolute atomic E-state index is 6.15. The van der Waals surface area contributed by atoms with Gasteiger partial charge in [-0.1, -0.05) is 59.1 Å². The Bertz CT molecular complexity index is 1050. The van der Waals surface area contributed by atoms with E-state index >= 15 is 0 Å². The minimum atomic E-state index is 0. The molecule has 0 aromatic heterocycles. The third-order valence-electron chi connectivity index (χ3n) is 6.24. The second-order valence-corrected chi connectivity index (χ2v) is 9.42. The van der Waals surface area contributed by atoms with E-state index in [1.54, 1.807) is 0 Å². The third-order valence-corrected chi connectivity index (χ3v) is 6.49. The van der Waals surface area contributed by atoms with Gasteiger partial charge in [0.05, 0.1) is 12.2 Å². The number of hydrogen-bond donors (Lipinski definition) is 1. The van der Waals surface area contributed by atoms with Gasteiger partial charge in [-0.25, -0.2) is 0 Å². The molecule has 0 bridgehead atoms. The lowest BCUT2D eigenvalue weighted by molar-refractivity contribution is -0.777. The minimum Gasteiger partial charge on any atom is -1.00 e. The van der Waals surface area contributed by atoms with E-state index in [2.05, 4.69) is 88.9 Å². The van der Waals surface area contributed by atoms with Crippen LogP contribution in [-0.2, 0) is 0 Å². The molecule has 1 aliphatic heterocycles. The van der Waals surface area contributed by atoms with Crippen molar-refractivity contribution in [2.45, 2.75) is 41.5 Å². The molecule has 1 unspecified atom stereocenters. The smallest absolute Gasteiger partial charge is 0.212 e. The topological polar surface area (TPSA) is 7.68 Å². The van der Waals surface area contributed by atoms with E-state index in [4.69, 9.17) is 11.6 Å². The Kier molecular flexibility index (Phi) is 7.39. The average Bonchev–Trinajstić information content (AvgIpc) is 3.05. The highest BCUT2D eigenvalue weighted by molar-refractivity contribution is 6.30. The molecular weight excluding hydrogens is 435 g/mol. The Morgan fingerprint density at radius 1 is 0.781 bits per heavy atom. The van der Waals surface area contributed by atoms with Gasteiger partial charge in [0.2, 0.25) is 5.82 Å². The minimum absolute atomic E-state index is 0. The number of aryl methyl sites for hydroxylation is 6. The van der Waals surface area contributed by atoms with Crippen molar-refractivity contribution in [1.29, 1.82) is 0 Å². The number of hydrogen-bond acceptors (Lipinski definition) is 1. The van der Waals surface area contributed by atoms with Crippen LogP contribution in [0.25, 0.3) is 6.08 Å². The summed E-state index contributed by atoms with van der Waals surface area (Å²) in [6, 6.07) is 17.3. The Morgan fingerprint density at radius 3 is 1.81 bits per heavy atom. The fourth-order valence-electron chi connectivity index (χ4n) is 5.26. The van der Waals surface area contributed by atoms with Crippen LogP contribution in [0.5, 0.6) is 0 Å². The van der Waals surface area contributed by atoms with E-state index in [0.29, 0.717) is 0 Å². The quantitative estimate of drug-likeness (QED) is 0.622. The Balaban J connectivity index is 0.00000289. The molecule has 0 aliphatic carbocycles. The fraction of sp³-hybridized carbons (Fsp3) is 0.286. The lowest BCUT2D eigenvalue weighted by Gasteiger charge is -2.25. The van der Waals surface area contributed by atoms with Crippen molar-refractivity contribution in [2.24, 2.45) is 0 Å². The van der Waals surface area contributed by atoms with Crippen molar-refractivity contribution in [2.75, 3.05) is 18.0 Å². The summed E-state index contributed by atoms with van der Waals surface area (Å²) >= 11 is 6.15. The van der Waals surface area contributed by atoms with Crippen LogP contribution in [0.15, 0.2) is 54.4 Å². The van der Waals surface area contributed by atoms with Gasteiger partial charge >= 0.3 is 0 Å². The Labute approximate surface area is 203 Å². The molecule has 0 saturated carbocycles. The van der Waals surface area contributed by atoms with Crippen molar-refractivity contribution in [3.63, 3.8) is 0 Å². The molecule has 1 saturated heterocycles. The summed E-state index contributed by atoms with van der Waals surface area (Å²) in [4.78, 5) is 3.96. The first-order valence-corrected chi connectivity index (χ1v) is 11.4. The zero-order valence-corrected chi connectivity index (χ0v) is 21.3. The molecule has 0 radical (unpaired) electrons. The van der Waals surface area contributed by atoms with Crippen molar-refractivity contribution in [1.82, 2.24) is 0 Å². The maximum atomic E-state index is 6.15. The number of nitrogens with zero attached hydrogens (tertiary/aromatic N) is 1. The summed E-state index contributed by atoms with van der Waals surface area (Å²) in [7, 11) is 0. The zero-order valence-electron chi connectivity index (χ0n) is 19.8. The molecule has 0 spiro atoms. The van der Waals surface area contributed by atoms with Crippen LogP contribution in [0.2, 0.25) is 5.02 Å². The monoisotopic (exact) mass is 466 g/mol. The molecule has 1 heterocycles. The molecule has 4 heteroatoms. The Morgan fingerprint density at radius 2 is 1.28 bits per heavy atom. The van der Waals surface area contributed by atoms with Crippen LogP contribution in [0.3, 0.4) is 0 Å². The number of quaternary nitrogens is 1. The second-order valence-electron chi connectivity index (χ2n) is 8.98. The van der Waals surface area contributed by atoms with Gasteiger partial charge in [-0.15, -0.1) is 0 Å². The van der Waals surface area contributed by atoms with Gasteiger partial charge in [0.15, 0.2) is 0 Å². The highest BCUT2D eigenvalue weighted by Crippen LogP contribution is 2.31. The third kappa shape index (κ3) is 4.73. The molecule has 32 heavy (non-hydrogen) atoms. The van der Waals surface area contributed by atoms with E-state index in [9.17, 15) is 0 Å². The van der Waals surface area contributed by atoms with Gasteiger partial charge in [0, 0.05) is 22.2 Å². The molecule has 1 aliphatic rings.